The van der Waals surface area contributed by atoms with Crippen LogP contribution < -0.4 is 25.6 Å². The van der Waals surface area contributed by atoms with E-state index in [1.165, 1.54) is 53.8 Å². The topological polar surface area (TPSA) is 16.4 Å². The van der Waals surface area contributed by atoms with Crippen LogP contribution in [0, 0.1) is 0 Å². The Morgan fingerprint density at radius 1 is 0.269 bits per heavy atom. The van der Waals surface area contributed by atoms with Crippen molar-refractivity contribution in [2.45, 2.75) is 0 Å². The minimum absolute atomic E-state index is 0.855. The van der Waals surface area contributed by atoms with E-state index in [0.29, 0.717) is 0 Å². The van der Waals surface area contributed by atoms with Crippen molar-refractivity contribution in [2.75, 3.05) is 4.90 Å². The minimum Gasteiger partial charge on any atom is -0.456 e. The lowest BCUT2D eigenvalue weighted by molar-refractivity contribution is 0.669. The van der Waals surface area contributed by atoms with E-state index in [1.807, 2.05) is 0 Å². The van der Waals surface area contributed by atoms with E-state index in [1.54, 1.807) is 0 Å². The largest absolute Gasteiger partial charge is 0.456 e. The lowest BCUT2D eigenvalue weighted by Gasteiger charge is -2.34. The molecule has 67 heavy (non-hydrogen) atoms. The van der Waals surface area contributed by atoms with Crippen LogP contribution in [-0.4, -0.2) is 8.07 Å². The summed E-state index contributed by atoms with van der Waals surface area (Å²) in [5.41, 5.74) is 11.9. The Balaban J connectivity index is 0.935. The van der Waals surface area contributed by atoms with Crippen LogP contribution in [0.1, 0.15) is 0 Å². The maximum absolute atomic E-state index is 6.67. The number of anilines is 3. The molecule has 0 aliphatic rings. The fourth-order valence-corrected chi connectivity index (χ4v) is 15.0. The van der Waals surface area contributed by atoms with Gasteiger partial charge in [0.05, 0.1) is 0 Å². The second kappa shape index (κ2) is 17.1. The number of fused-ring (bicyclic) bond motifs is 4. The van der Waals surface area contributed by atoms with Gasteiger partial charge in [-0.15, -0.1) is 0 Å². The van der Waals surface area contributed by atoms with Gasteiger partial charge in [0.25, 0.3) is 0 Å². The number of hydrogen-bond acceptors (Lipinski definition) is 2. The molecule has 0 atom stereocenters. The van der Waals surface area contributed by atoms with E-state index in [-0.39, 0.29) is 0 Å². The molecule has 0 bridgehead atoms. The van der Waals surface area contributed by atoms with Crippen LogP contribution in [0.3, 0.4) is 0 Å². The molecule has 1 heterocycles. The van der Waals surface area contributed by atoms with Gasteiger partial charge in [-0.3, -0.25) is 0 Å². The van der Waals surface area contributed by atoms with Crippen molar-refractivity contribution in [3.05, 3.63) is 273 Å². The Labute approximate surface area is 392 Å². The van der Waals surface area contributed by atoms with Crippen LogP contribution in [0.4, 0.5) is 17.1 Å². The molecule has 12 aromatic rings. The molecule has 0 saturated carbocycles. The molecule has 12 rings (SSSR count). The summed E-state index contributed by atoms with van der Waals surface area (Å²) in [4.78, 5) is 2.33. The van der Waals surface area contributed by atoms with Gasteiger partial charge < -0.3 is 9.32 Å². The number of hydrogen-bond donors (Lipinski definition) is 0. The predicted molar refractivity (Wildman–Crippen MR) is 286 cm³/mol. The Bertz CT molecular complexity index is 3540. The summed E-state index contributed by atoms with van der Waals surface area (Å²) in [5.74, 6) is 0. The van der Waals surface area contributed by atoms with E-state index in [9.17, 15) is 0 Å². The van der Waals surface area contributed by atoms with Crippen molar-refractivity contribution in [3.63, 3.8) is 0 Å². The first-order valence-corrected chi connectivity index (χ1v) is 25.0. The highest BCUT2D eigenvalue weighted by molar-refractivity contribution is 7.19. The molecule has 0 fully saturated rings. The molecule has 2 nitrogen and oxygen atoms in total. The van der Waals surface area contributed by atoms with Crippen molar-refractivity contribution in [1.82, 2.24) is 0 Å². The average Bonchev–Trinajstić information content (AvgIpc) is 3.78. The predicted octanol–water partition coefficient (Wildman–Crippen LogP) is 14.6. The van der Waals surface area contributed by atoms with Crippen LogP contribution in [0.25, 0.3) is 66.1 Å². The first-order chi connectivity index (χ1) is 33.2. The third-order valence-electron chi connectivity index (χ3n) is 13.4. The average molecular weight is 872 g/mol. The molecule has 316 valence electrons. The second-order valence-electron chi connectivity index (χ2n) is 17.2. The smallest absolute Gasteiger partial charge is 0.179 e. The quantitative estimate of drug-likeness (QED) is 0.101. The lowest BCUT2D eigenvalue weighted by Crippen LogP contribution is -2.74. The molecule has 0 unspecified atom stereocenters. The molecule has 0 saturated heterocycles. The Morgan fingerprint density at radius 3 is 1.28 bits per heavy atom. The van der Waals surface area contributed by atoms with Crippen molar-refractivity contribution < 1.29 is 4.42 Å². The Kier molecular flexibility index (Phi) is 10.2. The summed E-state index contributed by atoms with van der Waals surface area (Å²) in [7, 11) is -2.63. The van der Waals surface area contributed by atoms with Crippen LogP contribution in [0.5, 0.6) is 0 Å². The highest BCUT2D eigenvalue weighted by atomic mass is 28.3. The standard InChI is InChI=1S/C64H45NOSi/c1-5-16-46(17-6-1)51-34-42-61-62-43-39-54(45-64(62)66-63(61)44-51)65(53-37-30-50(31-38-53)60-27-15-19-49-18-13-14-26-59(49)60)52-35-28-47(29-36-52)48-32-40-58(41-33-48)67(55-20-7-2-8-21-55,56-22-9-3-10-23-56)57-24-11-4-12-25-57/h1-45H. The molecule has 3 heteroatoms. The summed E-state index contributed by atoms with van der Waals surface area (Å²) >= 11 is 0. The van der Waals surface area contributed by atoms with E-state index in [2.05, 4.69) is 278 Å². The first-order valence-electron chi connectivity index (χ1n) is 23.0. The summed E-state index contributed by atoms with van der Waals surface area (Å²) in [6.07, 6.45) is 0. The van der Waals surface area contributed by atoms with Crippen molar-refractivity contribution >= 4 is 78.6 Å². The van der Waals surface area contributed by atoms with Gasteiger partial charge in [-0.25, -0.2) is 0 Å². The molecule has 0 N–H and O–H groups in total. The van der Waals surface area contributed by atoms with E-state index >= 15 is 0 Å². The molecular formula is C64H45NOSi. The van der Waals surface area contributed by atoms with Crippen LogP contribution in [0.2, 0.25) is 0 Å². The summed E-state index contributed by atoms with van der Waals surface area (Å²) < 4.78 is 6.67. The second-order valence-corrected chi connectivity index (χ2v) is 21.1. The van der Waals surface area contributed by atoms with Gasteiger partial charge in [0.2, 0.25) is 0 Å². The number of nitrogens with zero attached hydrogens (tertiary/aromatic N) is 1. The van der Waals surface area contributed by atoms with Gasteiger partial charge in [-0.05, 0) is 113 Å². The fraction of sp³-hybridized carbons (Fsp3) is 0. The zero-order valence-corrected chi connectivity index (χ0v) is 37.8. The van der Waals surface area contributed by atoms with Crippen molar-refractivity contribution in [3.8, 4) is 33.4 Å². The summed E-state index contributed by atoms with van der Waals surface area (Å²) in [6.45, 7) is 0. The molecule has 0 amide bonds. The number of rotatable bonds is 10. The highest BCUT2D eigenvalue weighted by Gasteiger charge is 2.41. The molecule has 11 aromatic carbocycles. The first kappa shape index (κ1) is 40.0. The highest BCUT2D eigenvalue weighted by Crippen LogP contribution is 2.41. The zero-order valence-electron chi connectivity index (χ0n) is 36.8. The molecule has 0 radical (unpaired) electrons. The normalized spacial score (nSPS) is 11.6. The van der Waals surface area contributed by atoms with E-state index in [0.717, 1.165) is 50.1 Å². The van der Waals surface area contributed by atoms with Gasteiger partial charge in [0.15, 0.2) is 8.07 Å². The monoisotopic (exact) mass is 871 g/mol. The molecule has 0 aliphatic heterocycles. The third-order valence-corrected chi connectivity index (χ3v) is 18.2. The van der Waals surface area contributed by atoms with Gasteiger partial charge in [0.1, 0.15) is 11.2 Å². The molecule has 0 aliphatic carbocycles. The zero-order chi connectivity index (χ0) is 44.6. The van der Waals surface area contributed by atoms with Gasteiger partial charge >= 0.3 is 0 Å². The summed E-state index contributed by atoms with van der Waals surface area (Å²) in [5, 5.41) is 10.2. The van der Waals surface area contributed by atoms with Crippen LogP contribution >= 0.6 is 0 Å². The van der Waals surface area contributed by atoms with Gasteiger partial charge in [-0.1, -0.05) is 218 Å². The van der Waals surface area contributed by atoms with E-state index < -0.39 is 8.07 Å². The maximum atomic E-state index is 6.67. The Morgan fingerprint density at radius 2 is 0.687 bits per heavy atom. The third kappa shape index (κ3) is 7.23. The van der Waals surface area contributed by atoms with Gasteiger partial charge in [0, 0.05) is 33.9 Å². The fourth-order valence-electron chi connectivity index (χ4n) is 10.2. The lowest BCUT2D eigenvalue weighted by atomic mass is 9.98. The molecule has 0 spiro atoms. The van der Waals surface area contributed by atoms with Gasteiger partial charge in [-0.2, -0.15) is 0 Å². The van der Waals surface area contributed by atoms with Crippen LogP contribution in [0.15, 0.2) is 277 Å². The van der Waals surface area contributed by atoms with Crippen LogP contribution in [-0.2, 0) is 0 Å². The van der Waals surface area contributed by atoms with E-state index in [4.69, 9.17) is 4.42 Å². The minimum atomic E-state index is -2.63. The Hall–Kier alpha value is -8.50. The molecular weight excluding hydrogens is 827 g/mol. The maximum Gasteiger partial charge on any atom is 0.179 e. The number of benzene rings is 11. The number of furan rings is 1. The van der Waals surface area contributed by atoms with Crippen molar-refractivity contribution in [1.29, 1.82) is 0 Å². The molecule has 1 aromatic heterocycles. The SMILES string of the molecule is c1ccc(-c2ccc3c(c2)oc2cc(N(c4ccc(-c5ccc([Si](c6ccccc6)(c6ccccc6)c6ccccc6)cc5)cc4)c4ccc(-c5cccc6ccccc56)cc4)ccc23)cc1. The van der Waals surface area contributed by atoms with Crippen molar-refractivity contribution in [2.24, 2.45) is 0 Å². The summed E-state index contributed by atoms with van der Waals surface area (Å²) in [6, 6.07) is 99.4.